The van der Waals surface area contributed by atoms with Crippen molar-refractivity contribution >= 4 is 5.69 Å². The number of aliphatic hydroxyl groups is 1. The molecule has 0 saturated carbocycles. The average molecular weight is 223 g/mol. The topological polar surface area (TPSA) is 41.5 Å². The van der Waals surface area contributed by atoms with Crippen molar-refractivity contribution in [1.29, 1.82) is 0 Å². The van der Waals surface area contributed by atoms with Crippen molar-refractivity contribution in [2.24, 2.45) is 0 Å². The van der Waals surface area contributed by atoms with E-state index in [0.717, 1.165) is 30.9 Å². The maximum atomic E-state index is 8.80. The second-order valence-corrected chi connectivity index (χ2v) is 3.88. The molecule has 0 bridgehead atoms. The Balaban J connectivity index is 2.41. The van der Waals surface area contributed by atoms with Crippen molar-refractivity contribution < 1.29 is 9.84 Å². The van der Waals surface area contributed by atoms with E-state index < -0.39 is 0 Å². The minimum atomic E-state index is 0.202. The first-order valence-corrected chi connectivity index (χ1v) is 5.80. The lowest BCUT2D eigenvalue weighted by Crippen LogP contribution is -2.21. The highest BCUT2D eigenvalue weighted by Gasteiger charge is 2.01. The van der Waals surface area contributed by atoms with Gasteiger partial charge in [-0.05, 0) is 38.0 Å². The highest BCUT2D eigenvalue weighted by Crippen LogP contribution is 2.11. The lowest BCUT2D eigenvalue weighted by Gasteiger charge is -2.15. The van der Waals surface area contributed by atoms with E-state index in [0.29, 0.717) is 6.04 Å². The predicted molar refractivity (Wildman–Crippen MR) is 66.8 cm³/mol. The smallest absolute Gasteiger partial charge is 0.0664 e. The Morgan fingerprint density at radius 2 is 2.00 bits per heavy atom. The van der Waals surface area contributed by atoms with Crippen LogP contribution in [0.5, 0.6) is 0 Å². The van der Waals surface area contributed by atoms with Crippen molar-refractivity contribution in [2.75, 3.05) is 25.1 Å². The molecule has 0 aliphatic rings. The van der Waals surface area contributed by atoms with E-state index in [2.05, 4.69) is 12.2 Å². The molecule has 0 radical (unpaired) electrons. The standard InChI is InChI=1S/C13H21NO2/c1-3-16-10-11(2)14-13-6-4-12(5-7-13)8-9-15/h4-7,11,14-15H,3,8-10H2,1-2H3. The molecule has 0 aromatic heterocycles. The third kappa shape index (κ3) is 4.64. The van der Waals surface area contributed by atoms with Gasteiger partial charge in [0.2, 0.25) is 0 Å². The van der Waals surface area contributed by atoms with Crippen LogP contribution in [0.3, 0.4) is 0 Å². The normalized spacial score (nSPS) is 12.4. The zero-order chi connectivity index (χ0) is 11.8. The Labute approximate surface area is 97.4 Å². The van der Waals surface area contributed by atoms with Gasteiger partial charge in [-0.1, -0.05) is 12.1 Å². The molecule has 0 aliphatic heterocycles. The van der Waals surface area contributed by atoms with Gasteiger partial charge in [0.05, 0.1) is 6.61 Å². The van der Waals surface area contributed by atoms with E-state index in [-0.39, 0.29) is 6.61 Å². The van der Waals surface area contributed by atoms with Gasteiger partial charge in [0.15, 0.2) is 0 Å². The van der Waals surface area contributed by atoms with Crippen molar-refractivity contribution in [3.8, 4) is 0 Å². The Morgan fingerprint density at radius 1 is 1.31 bits per heavy atom. The molecule has 0 saturated heterocycles. The van der Waals surface area contributed by atoms with Crippen LogP contribution in [0.4, 0.5) is 5.69 Å². The van der Waals surface area contributed by atoms with Crippen LogP contribution >= 0.6 is 0 Å². The molecule has 0 heterocycles. The van der Waals surface area contributed by atoms with Gasteiger partial charge < -0.3 is 15.2 Å². The van der Waals surface area contributed by atoms with Gasteiger partial charge in [-0.15, -0.1) is 0 Å². The highest BCUT2D eigenvalue weighted by atomic mass is 16.5. The molecule has 1 aromatic rings. The molecule has 90 valence electrons. The number of aliphatic hydroxyl groups excluding tert-OH is 1. The molecule has 1 rings (SSSR count). The summed E-state index contributed by atoms with van der Waals surface area (Å²) in [7, 11) is 0. The van der Waals surface area contributed by atoms with Crippen molar-refractivity contribution in [3.63, 3.8) is 0 Å². The van der Waals surface area contributed by atoms with E-state index >= 15 is 0 Å². The summed E-state index contributed by atoms with van der Waals surface area (Å²) in [6.45, 7) is 5.76. The number of nitrogens with one attached hydrogen (secondary N) is 1. The summed E-state index contributed by atoms with van der Waals surface area (Å²) < 4.78 is 5.33. The number of hydrogen-bond acceptors (Lipinski definition) is 3. The quantitative estimate of drug-likeness (QED) is 0.743. The first-order valence-electron chi connectivity index (χ1n) is 5.80. The number of rotatable bonds is 7. The highest BCUT2D eigenvalue weighted by molar-refractivity contribution is 5.45. The maximum absolute atomic E-state index is 8.80. The van der Waals surface area contributed by atoms with Crippen LogP contribution in [0.2, 0.25) is 0 Å². The fraction of sp³-hybridized carbons (Fsp3) is 0.538. The summed E-state index contributed by atoms with van der Waals surface area (Å²) in [6.07, 6.45) is 0.717. The summed E-state index contributed by atoms with van der Waals surface area (Å²) in [5.41, 5.74) is 2.25. The Kier molecular flexibility index (Phi) is 5.90. The Hall–Kier alpha value is -1.06. The lowest BCUT2D eigenvalue weighted by molar-refractivity contribution is 0.141. The second-order valence-electron chi connectivity index (χ2n) is 3.88. The Morgan fingerprint density at radius 3 is 2.56 bits per heavy atom. The minimum absolute atomic E-state index is 0.202. The van der Waals surface area contributed by atoms with E-state index in [1.807, 2.05) is 31.2 Å². The molecule has 1 atom stereocenters. The first kappa shape index (κ1) is 13.0. The molecule has 0 amide bonds. The van der Waals surface area contributed by atoms with Crippen LogP contribution in [-0.4, -0.2) is 31.0 Å². The molecular weight excluding hydrogens is 202 g/mol. The van der Waals surface area contributed by atoms with E-state index in [1.54, 1.807) is 0 Å². The molecule has 16 heavy (non-hydrogen) atoms. The van der Waals surface area contributed by atoms with Gasteiger partial charge in [-0.3, -0.25) is 0 Å². The van der Waals surface area contributed by atoms with Crippen LogP contribution in [0.15, 0.2) is 24.3 Å². The molecule has 0 spiro atoms. The van der Waals surface area contributed by atoms with Crippen molar-refractivity contribution in [2.45, 2.75) is 26.3 Å². The van der Waals surface area contributed by atoms with E-state index in [4.69, 9.17) is 9.84 Å². The Bertz CT molecular complexity index is 284. The largest absolute Gasteiger partial charge is 0.396 e. The van der Waals surface area contributed by atoms with Crippen LogP contribution in [0.1, 0.15) is 19.4 Å². The average Bonchev–Trinajstić information content (AvgIpc) is 2.29. The van der Waals surface area contributed by atoms with E-state index in [9.17, 15) is 0 Å². The fourth-order valence-electron chi connectivity index (χ4n) is 1.52. The molecule has 3 heteroatoms. The van der Waals surface area contributed by atoms with Gasteiger partial charge in [-0.25, -0.2) is 0 Å². The lowest BCUT2D eigenvalue weighted by atomic mass is 10.1. The first-order chi connectivity index (χ1) is 7.76. The summed E-state index contributed by atoms with van der Waals surface area (Å²) in [5.74, 6) is 0. The molecule has 3 nitrogen and oxygen atoms in total. The van der Waals surface area contributed by atoms with Crippen molar-refractivity contribution in [1.82, 2.24) is 0 Å². The van der Waals surface area contributed by atoms with Crippen LogP contribution < -0.4 is 5.32 Å². The molecule has 0 aliphatic carbocycles. The number of anilines is 1. The van der Waals surface area contributed by atoms with Gasteiger partial charge in [0.25, 0.3) is 0 Å². The maximum Gasteiger partial charge on any atom is 0.0664 e. The molecule has 1 unspecified atom stereocenters. The van der Waals surface area contributed by atoms with Gasteiger partial charge in [0, 0.05) is 24.9 Å². The van der Waals surface area contributed by atoms with Crippen molar-refractivity contribution in [3.05, 3.63) is 29.8 Å². The summed E-state index contributed by atoms with van der Waals surface area (Å²) >= 11 is 0. The third-order valence-electron chi connectivity index (χ3n) is 2.34. The van der Waals surface area contributed by atoms with Gasteiger partial charge >= 0.3 is 0 Å². The van der Waals surface area contributed by atoms with Crippen LogP contribution in [-0.2, 0) is 11.2 Å². The van der Waals surface area contributed by atoms with Crippen LogP contribution in [0.25, 0.3) is 0 Å². The summed E-state index contributed by atoms with van der Waals surface area (Å²) in [5, 5.41) is 12.2. The molecule has 1 aromatic carbocycles. The van der Waals surface area contributed by atoms with Crippen LogP contribution in [0, 0.1) is 0 Å². The summed E-state index contributed by atoms with van der Waals surface area (Å²) in [6, 6.07) is 8.45. The molecular formula is C13H21NO2. The zero-order valence-electron chi connectivity index (χ0n) is 10.1. The van der Waals surface area contributed by atoms with Gasteiger partial charge in [-0.2, -0.15) is 0 Å². The minimum Gasteiger partial charge on any atom is -0.396 e. The predicted octanol–water partition coefficient (Wildman–Crippen LogP) is 2.06. The summed E-state index contributed by atoms with van der Waals surface area (Å²) in [4.78, 5) is 0. The fourth-order valence-corrected chi connectivity index (χ4v) is 1.52. The third-order valence-corrected chi connectivity index (χ3v) is 2.34. The van der Waals surface area contributed by atoms with E-state index in [1.165, 1.54) is 0 Å². The zero-order valence-corrected chi connectivity index (χ0v) is 10.1. The molecule has 2 N–H and O–H groups in total. The number of benzene rings is 1. The second kappa shape index (κ2) is 7.25. The monoisotopic (exact) mass is 223 g/mol. The SMILES string of the molecule is CCOCC(C)Nc1ccc(CCO)cc1. The van der Waals surface area contributed by atoms with Gasteiger partial charge in [0.1, 0.15) is 0 Å². The number of ether oxygens (including phenoxy) is 1. The number of hydrogen-bond donors (Lipinski definition) is 2. The molecule has 0 fully saturated rings.